The van der Waals surface area contributed by atoms with Crippen LogP contribution in [0.25, 0.3) is 5.69 Å². The summed E-state index contributed by atoms with van der Waals surface area (Å²) in [6, 6.07) is 9.15. The Morgan fingerprint density at radius 1 is 1.06 bits per heavy atom. The number of hydrogen-bond donors (Lipinski definition) is 0. The SMILES string of the molecule is Cc1cccc(N2CC3(CC(c4nnc5n4-c4ccc(Cl)cc4CN(C(C)C(F)(F)F)C5)C3)C2)c1F. The van der Waals surface area contributed by atoms with Crippen LogP contribution in [0.3, 0.4) is 0 Å². The second-order valence-electron chi connectivity index (χ2n) is 10.6. The second-order valence-corrected chi connectivity index (χ2v) is 11.0. The van der Waals surface area contributed by atoms with Gasteiger partial charge in [-0.3, -0.25) is 9.47 Å². The Morgan fingerprint density at radius 2 is 1.81 bits per heavy atom. The molecule has 0 amide bonds. The Labute approximate surface area is 211 Å². The lowest BCUT2D eigenvalue weighted by Gasteiger charge is -2.59. The van der Waals surface area contributed by atoms with Crippen LogP contribution in [0, 0.1) is 18.2 Å². The molecule has 2 aliphatic heterocycles. The van der Waals surface area contributed by atoms with Gasteiger partial charge in [0.2, 0.25) is 0 Å². The number of hydrogen-bond acceptors (Lipinski definition) is 4. The molecule has 1 unspecified atom stereocenters. The van der Waals surface area contributed by atoms with Crippen LogP contribution in [0.15, 0.2) is 36.4 Å². The molecule has 1 aliphatic carbocycles. The highest BCUT2D eigenvalue weighted by Crippen LogP contribution is 2.57. The third kappa shape index (κ3) is 3.78. The molecule has 1 aromatic heterocycles. The van der Waals surface area contributed by atoms with Crippen LogP contribution in [0.2, 0.25) is 5.02 Å². The summed E-state index contributed by atoms with van der Waals surface area (Å²) in [5.41, 5.74) is 2.89. The molecule has 3 heterocycles. The van der Waals surface area contributed by atoms with E-state index in [0.29, 0.717) is 22.1 Å². The van der Waals surface area contributed by atoms with E-state index in [1.165, 1.54) is 11.8 Å². The van der Waals surface area contributed by atoms with Gasteiger partial charge in [0.15, 0.2) is 5.82 Å². The van der Waals surface area contributed by atoms with Crippen molar-refractivity contribution in [2.75, 3.05) is 18.0 Å². The predicted molar refractivity (Wildman–Crippen MR) is 129 cm³/mol. The standard InChI is InChI=1S/C26H26ClF4N5/c1-15-4-3-5-21(23(15)28)35-13-25(14-35)9-18(10-25)24-33-32-22-12-34(16(2)26(29,30)31)11-17-8-19(27)6-7-20(17)36(22)24/h3-8,16,18H,9-14H2,1-2H3. The average molecular weight is 520 g/mol. The van der Waals surface area contributed by atoms with Crippen molar-refractivity contribution >= 4 is 17.3 Å². The first-order valence-electron chi connectivity index (χ1n) is 12.1. The van der Waals surface area contributed by atoms with Crippen molar-refractivity contribution in [1.29, 1.82) is 0 Å². The first kappa shape index (κ1) is 23.7. The third-order valence-corrected chi connectivity index (χ3v) is 8.30. The van der Waals surface area contributed by atoms with Crippen LogP contribution in [0.4, 0.5) is 23.2 Å². The quantitative estimate of drug-likeness (QED) is 0.397. The second kappa shape index (κ2) is 8.18. The van der Waals surface area contributed by atoms with Crippen molar-refractivity contribution in [1.82, 2.24) is 19.7 Å². The maximum Gasteiger partial charge on any atom is 0.403 e. The average Bonchev–Trinajstić information content (AvgIpc) is 3.08. The summed E-state index contributed by atoms with van der Waals surface area (Å²) >= 11 is 6.23. The van der Waals surface area contributed by atoms with E-state index in [2.05, 4.69) is 15.1 Å². The Balaban J connectivity index is 1.26. The number of alkyl halides is 3. The summed E-state index contributed by atoms with van der Waals surface area (Å²) in [5.74, 6) is 1.26. The number of benzene rings is 2. The van der Waals surface area contributed by atoms with Gasteiger partial charge in [0.05, 0.1) is 17.9 Å². The van der Waals surface area contributed by atoms with Crippen molar-refractivity contribution in [3.63, 3.8) is 0 Å². The lowest BCUT2D eigenvalue weighted by molar-refractivity contribution is -0.182. The van der Waals surface area contributed by atoms with Gasteiger partial charge >= 0.3 is 6.18 Å². The Bertz CT molecular complexity index is 1320. The van der Waals surface area contributed by atoms with Gasteiger partial charge in [0.1, 0.15) is 17.7 Å². The highest BCUT2D eigenvalue weighted by Gasteiger charge is 2.54. The molecule has 1 atom stereocenters. The Morgan fingerprint density at radius 3 is 2.53 bits per heavy atom. The molecule has 1 spiro atoms. The smallest absolute Gasteiger partial charge is 0.368 e. The lowest BCUT2D eigenvalue weighted by Crippen LogP contribution is -2.62. The van der Waals surface area contributed by atoms with Gasteiger partial charge in [0.25, 0.3) is 0 Å². The van der Waals surface area contributed by atoms with E-state index in [4.69, 9.17) is 11.6 Å². The molecule has 2 aromatic carbocycles. The van der Waals surface area contributed by atoms with Gasteiger partial charge in [-0.25, -0.2) is 4.39 Å². The van der Waals surface area contributed by atoms with Crippen molar-refractivity contribution in [3.8, 4) is 5.69 Å². The van der Waals surface area contributed by atoms with E-state index < -0.39 is 12.2 Å². The zero-order valence-corrected chi connectivity index (χ0v) is 20.7. The number of rotatable bonds is 3. The van der Waals surface area contributed by atoms with Crippen molar-refractivity contribution in [2.45, 2.75) is 57.9 Å². The summed E-state index contributed by atoms with van der Waals surface area (Å²) in [6.45, 7) is 4.67. The van der Waals surface area contributed by atoms with E-state index >= 15 is 0 Å². The highest BCUT2D eigenvalue weighted by atomic mass is 35.5. The van der Waals surface area contributed by atoms with Gasteiger partial charge in [0, 0.05) is 36.0 Å². The number of anilines is 1. The number of aromatic nitrogens is 3. The molecule has 5 nitrogen and oxygen atoms in total. The summed E-state index contributed by atoms with van der Waals surface area (Å²) in [4.78, 5) is 3.45. The zero-order valence-electron chi connectivity index (χ0n) is 20.0. The highest BCUT2D eigenvalue weighted by molar-refractivity contribution is 6.30. The van der Waals surface area contributed by atoms with Crippen LogP contribution >= 0.6 is 11.6 Å². The van der Waals surface area contributed by atoms with Crippen LogP contribution in [-0.2, 0) is 13.1 Å². The first-order valence-corrected chi connectivity index (χ1v) is 12.5. The van der Waals surface area contributed by atoms with Crippen LogP contribution < -0.4 is 4.90 Å². The molecule has 3 aromatic rings. The minimum Gasteiger partial charge on any atom is -0.368 e. The van der Waals surface area contributed by atoms with Gasteiger partial charge in [-0.2, -0.15) is 13.2 Å². The van der Waals surface area contributed by atoms with Crippen molar-refractivity contribution in [2.24, 2.45) is 5.41 Å². The summed E-state index contributed by atoms with van der Waals surface area (Å²) in [7, 11) is 0. The molecule has 2 fully saturated rings. The summed E-state index contributed by atoms with van der Waals surface area (Å²) < 4.78 is 57.3. The van der Waals surface area contributed by atoms with Crippen molar-refractivity contribution < 1.29 is 17.6 Å². The fraction of sp³-hybridized carbons (Fsp3) is 0.462. The zero-order chi connectivity index (χ0) is 25.4. The number of halogens is 5. The van der Waals surface area contributed by atoms with E-state index in [-0.39, 0.29) is 30.2 Å². The molecular weight excluding hydrogens is 494 g/mol. The fourth-order valence-corrected chi connectivity index (χ4v) is 6.23. The van der Waals surface area contributed by atoms with E-state index in [0.717, 1.165) is 43.0 Å². The molecule has 3 aliphatic rings. The van der Waals surface area contributed by atoms with Gasteiger partial charge < -0.3 is 4.90 Å². The first-order chi connectivity index (χ1) is 17.0. The van der Waals surface area contributed by atoms with Crippen LogP contribution in [0.5, 0.6) is 0 Å². The van der Waals surface area contributed by atoms with E-state index in [1.807, 2.05) is 22.8 Å². The summed E-state index contributed by atoms with van der Waals surface area (Å²) in [5, 5.41) is 9.28. The number of aryl methyl sites for hydroxylation is 1. The van der Waals surface area contributed by atoms with Crippen molar-refractivity contribution in [3.05, 3.63) is 70.0 Å². The maximum atomic E-state index is 14.6. The molecule has 36 heavy (non-hydrogen) atoms. The van der Waals surface area contributed by atoms with E-state index in [1.54, 1.807) is 25.1 Å². The van der Waals surface area contributed by atoms with Crippen LogP contribution in [0.1, 0.15) is 48.5 Å². The normalized spacial score (nSPS) is 20.4. The number of fused-ring (bicyclic) bond motifs is 3. The van der Waals surface area contributed by atoms with Crippen LogP contribution in [-0.4, -0.2) is 45.0 Å². The summed E-state index contributed by atoms with van der Waals surface area (Å²) in [6.07, 6.45) is -2.58. The molecule has 190 valence electrons. The number of nitrogens with zero attached hydrogens (tertiary/aromatic N) is 5. The monoisotopic (exact) mass is 519 g/mol. The molecule has 6 rings (SSSR count). The Hall–Kier alpha value is -2.65. The van der Waals surface area contributed by atoms with Gasteiger partial charge in [-0.1, -0.05) is 23.7 Å². The fourth-order valence-electron chi connectivity index (χ4n) is 6.03. The minimum atomic E-state index is -4.36. The predicted octanol–water partition coefficient (Wildman–Crippen LogP) is 6.02. The molecule has 10 heteroatoms. The van der Waals surface area contributed by atoms with Gasteiger partial charge in [-0.15, -0.1) is 10.2 Å². The van der Waals surface area contributed by atoms with Gasteiger partial charge in [-0.05, 0) is 62.1 Å². The topological polar surface area (TPSA) is 37.2 Å². The molecule has 0 N–H and O–H groups in total. The minimum absolute atomic E-state index is 0.0399. The molecule has 1 saturated carbocycles. The lowest BCUT2D eigenvalue weighted by atomic mass is 9.57. The Kier molecular flexibility index (Phi) is 5.39. The third-order valence-electron chi connectivity index (χ3n) is 8.07. The molecular formula is C26H26ClF4N5. The molecule has 0 radical (unpaired) electrons. The maximum absolute atomic E-state index is 14.6. The largest absolute Gasteiger partial charge is 0.403 e. The molecule has 1 saturated heterocycles. The van der Waals surface area contributed by atoms with E-state index in [9.17, 15) is 17.6 Å². The molecule has 0 bridgehead atoms.